The Balaban J connectivity index is 1.43. The summed E-state index contributed by atoms with van der Waals surface area (Å²) < 4.78 is 3.19. The lowest BCUT2D eigenvalue weighted by Crippen LogP contribution is -2.43. The van der Waals surface area contributed by atoms with Gasteiger partial charge in [0.15, 0.2) is 0 Å². The zero-order valence-electron chi connectivity index (χ0n) is 14.9. The quantitative estimate of drug-likeness (QED) is 0.920. The predicted molar refractivity (Wildman–Crippen MR) is 96.0 cm³/mol. The van der Waals surface area contributed by atoms with Gasteiger partial charge in [-0.2, -0.15) is 0 Å². The van der Waals surface area contributed by atoms with Crippen molar-refractivity contribution in [3.05, 3.63) is 52.1 Å². The number of aromatic hydroxyl groups is 1. The van der Waals surface area contributed by atoms with Gasteiger partial charge in [-0.05, 0) is 24.8 Å². The fraction of sp³-hybridized carbons (Fsp3) is 0.500. The summed E-state index contributed by atoms with van der Waals surface area (Å²) in [6.07, 6.45) is 2.73. The molecule has 1 aromatic heterocycles. The van der Waals surface area contributed by atoms with Crippen LogP contribution in [0.25, 0.3) is 0 Å². The Morgan fingerprint density at radius 1 is 1.19 bits per heavy atom. The molecule has 6 nitrogen and oxygen atoms in total. The number of amides is 1. The van der Waals surface area contributed by atoms with Gasteiger partial charge < -0.3 is 10.0 Å². The molecular weight excluding hydrogens is 330 g/mol. The third-order valence-corrected chi connectivity index (χ3v) is 6.30. The number of nitrogens with zero attached hydrogens (tertiary/aromatic N) is 3. The molecule has 0 unspecified atom stereocenters. The molecule has 2 fully saturated rings. The van der Waals surface area contributed by atoms with Gasteiger partial charge in [-0.3, -0.25) is 13.9 Å². The van der Waals surface area contributed by atoms with E-state index in [1.54, 1.807) is 14.0 Å². The number of fused-ring (bicyclic) bond motifs is 1. The number of aromatic nitrogens is 2. The Kier molecular flexibility index (Phi) is 3.18. The van der Waals surface area contributed by atoms with Crippen molar-refractivity contribution in [1.29, 1.82) is 0 Å². The van der Waals surface area contributed by atoms with Crippen LogP contribution < -0.4 is 5.69 Å². The fourth-order valence-electron chi connectivity index (χ4n) is 4.24. The first-order valence-corrected chi connectivity index (χ1v) is 9.37. The molecule has 2 aliphatic carbocycles. The molecule has 2 heterocycles. The molecule has 3 aliphatic rings. The van der Waals surface area contributed by atoms with Crippen LogP contribution >= 0.6 is 0 Å². The molecule has 2 saturated carbocycles. The second-order valence-corrected chi connectivity index (χ2v) is 8.18. The van der Waals surface area contributed by atoms with Crippen LogP contribution in [0.4, 0.5) is 0 Å². The third-order valence-electron chi connectivity index (χ3n) is 6.30. The zero-order valence-corrected chi connectivity index (χ0v) is 14.9. The average Bonchev–Trinajstić information content (AvgIpc) is 3.58. The Morgan fingerprint density at radius 3 is 2.62 bits per heavy atom. The molecule has 0 bridgehead atoms. The van der Waals surface area contributed by atoms with Crippen molar-refractivity contribution in [2.45, 2.75) is 51.2 Å². The zero-order chi connectivity index (χ0) is 18.1. The maximum absolute atomic E-state index is 12.8. The first kappa shape index (κ1) is 15.7. The van der Waals surface area contributed by atoms with Crippen LogP contribution in [0, 0.1) is 5.41 Å². The second-order valence-electron chi connectivity index (χ2n) is 8.18. The Bertz CT molecular complexity index is 939. The number of imidazole rings is 1. The van der Waals surface area contributed by atoms with Crippen molar-refractivity contribution in [2.75, 3.05) is 6.54 Å². The van der Waals surface area contributed by atoms with Gasteiger partial charge in [0.1, 0.15) is 5.69 Å². The van der Waals surface area contributed by atoms with Gasteiger partial charge in [0.2, 0.25) is 11.8 Å². The molecule has 2 aromatic rings. The number of hydrogen-bond donors (Lipinski definition) is 1. The van der Waals surface area contributed by atoms with Crippen LogP contribution in [0.5, 0.6) is 5.88 Å². The second kappa shape index (κ2) is 5.25. The molecule has 0 saturated heterocycles. The predicted octanol–water partition coefficient (Wildman–Crippen LogP) is 2.23. The van der Waals surface area contributed by atoms with Crippen LogP contribution in [0.1, 0.15) is 49.4 Å². The molecule has 2 atom stereocenters. The highest BCUT2D eigenvalue weighted by molar-refractivity contribution is 5.85. The topological polar surface area (TPSA) is 67.5 Å². The number of hydrogen-bond acceptors (Lipinski definition) is 3. The molecule has 1 aliphatic heterocycles. The average molecular weight is 353 g/mol. The summed E-state index contributed by atoms with van der Waals surface area (Å²) in [5.41, 5.74) is 1.41. The number of carbonyl (C=O) groups is 1. The molecule has 5 rings (SSSR count). The van der Waals surface area contributed by atoms with Gasteiger partial charge in [0, 0.05) is 30.5 Å². The fourth-order valence-corrected chi connectivity index (χ4v) is 4.24. The largest absolute Gasteiger partial charge is 0.493 e. The number of carbonyl (C=O) groups excluding carboxylic acids is 1. The van der Waals surface area contributed by atoms with E-state index >= 15 is 0 Å². The smallest absolute Gasteiger partial charge is 0.331 e. The lowest BCUT2D eigenvalue weighted by Gasteiger charge is -2.30. The van der Waals surface area contributed by atoms with E-state index in [0.717, 1.165) is 19.3 Å². The van der Waals surface area contributed by atoms with E-state index in [0.29, 0.717) is 25.3 Å². The Hall–Kier alpha value is -2.50. The van der Waals surface area contributed by atoms with Crippen LogP contribution in [0.2, 0.25) is 0 Å². The molecule has 1 aromatic carbocycles. The van der Waals surface area contributed by atoms with E-state index in [2.05, 4.69) is 12.1 Å². The standard InChI is InChI=1S/C20H23N3O3/c1-20(7-8-20)18(25)21-9-10-22-16(12-21)17(24)23(19(22)26)15-11-14(15)13-5-3-2-4-6-13/h2-6,14-15,24H,7-12H2,1H3/t14-,15+/m1/s1. The van der Waals surface area contributed by atoms with E-state index in [-0.39, 0.29) is 34.9 Å². The number of rotatable bonds is 3. The molecule has 26 heavy (non-hydrogen) atoms. The third kappa shape index (κ3) is 2.24. The van der Waals surface area contributed by atoms with Crippen LogP contribution in [0.15, 0.2) is 35.1 Å². The Morgan fingerprint density at radius 2 is 1.92 bits per heavy atom. The molecule has 6 heteroatoms. The van der Waals surface area contributed by atoms with Gasteiger partial charge >= 0.3 is 5.69 Å². The highest BCUT2D eigenvalue weighted by Gasteiger charge is 2.48. The van der Waals surface area contributed by atoms with Crippen molar-refractivity contribution in [2.24, 2.45) is 5.41 Å². The van der Waals surface area contributed by atoms with Gasteiger partial charge in [-0.15, -0.1) is 0 Å². The summed E-state index contributed by atoms with van der Waals surface area (Å²) in [7, 11) is 0. The van der Waals surface area contributed by atoms with E-state index in [4.69, 9.17) is 0 Å². The number of benzene rings is 1. The van der Waals surface area contributed by atoms with E-state index in [1.807, 2.05) is 25.1 Å². The summed E-state index contributed by atoms with van der Waals surface area (Å²) in [6.45, 7) is 3.32. The minimum atomic E-state index is -0.227. The van der Waals surface area contributed by atoms with Crippen LogP contribution in [-0.4, -0.2) is 31.6 Å². The minimum absolute atomic E-state index is 0.00750. The summed E-state index contributed by atoms with van der Waals surface area (Å²) in [5, 5.41) is 10.8. The highest BCUT2D eigenvalue weighted by Crippen LogP contribution is 2.52. The van der Waals surface area contributed by atoms with E-state index in [9.17, 15) is 14.7 Å². The van der Waals surface area contributed by atoms with Crippen molar-refractivity contribution >= 4 is 5.91 Å². The maximum Gasteiger partial charge on any atom is 0.331 e. The summed E-state index contributed by atoms with van der Waals surface area (Å²) >= 11 is 0. The van der Waals surface area contributed by atoms with Crippen molar-refractivity contribution in [3.8, 4) is 5.88 Å². The minimum Gasteiger partial charge on any atom is -0.493 e. The lowest BCUT2D eigenvalue weighted by molar-refractivity contribution is -0.137. The summed E-state index contributed by atoms with van der Waals surface area (Å²) in [4.78, 5) is 27.3. The first-order chi connectivity index (χ1) is 12.5. The van der Waals surface area contributed by atoms with Crippen LogP contribution in [-0.2, 0) is 17.9 Å². The molecule has 1 amide bonds. The highest BCUT2D eigenvalue weighted by atomic mass is 16.3. The molecule has 1 N–H and O–H groups in total. The van der Waals surface area contributed by atoms with Crippen molar-refractivity contribution in [3.63, 3.8) is 0 Å². The van der Waals surface area contributed by atoms with E-state index < -0.39 is 0 Å². The van der Waals surface area contributed by atoms with E-state index in [1.165, 1.54) is 5.56 Å². The maximum atomic E-state index is 12.8. The molecule has 136 valence electrons. The SMILES string of the molecule is CC1(C(=O)N2CCn3c(c(O)n([C@H]4C[C@@H]4c4ccccc4)c3=O)C2)CC1. The van der Waals surface area contributed by atoms with Gasteiger partial charge in [0.25, 0.3) is 0 Å². The molecule has 0 radical (unpaired) electrons. The summed E-state index contributed by atoms with van der Waals surface area (Å²) in [6, 6.07) is 10.1. The van der Waals surface area contributed by atoms with Crippen molar-refractivity contribution in [1.82, 2.24) is 14.0 Å². The molecular formula is C20H23N3O3. The first-order valence-electron chi connectivity index (χ1n) is 9.37. The Labute approximate surface area is 151 Å². The van der Waals surface area contributed by atoms with Gasteiger partial charge in [0.05, 0.1) is 6.54 Å². The summed E-state index contributed by atoms with van der Waals surface area (Å²) in [5.74, 6) is 0.459. The van der Waals surface area contributed by atoms with Gasteiger partial charge in [-0.25, -0.2) is 4.79 Å². The normalized spacial score (nSPS) is 25.7. The monoisotopic (exact) mass is 353 g/mol. The van der Waals surface area contributed by atoms with Crippen molar-refractivity contribution < 1.29 is 9.90 Å². The molecule has 0 spiro atoms. The van der Waals surface area contributed by atoms with Gasteiger partial charge in [-0.1, -0.05) is 37.3 Å². The lowest BCUT2D eigenvalue weighted by atomic mass is 10.1. The van der Waals surface area contributed by atoms with Crippen LogP contribution in [0.3, 0.4) is 0 Å².